The van der Waals surface area contributed by atoms with Crippen molar-refractivity contribution < 1.29 is 9.59 Å². The Bertz CT molecular complexity index is 348. The summed E-state index contributed by atoms with van der Waals surface area (Å²) in [4.78, 5) is 25.3. The molecule has 1 saturated carbocycles. The Morgan fingerprint density at radius 2 is 1.71 bits per heavy atom. The second kappa shape index (κ2) is 8.62. The van der Waals surface area contributed by atoms with E-state index in [4.69, 9.17) is 11.6 Å². The third-order valence-corrected chi connectivity index (χ3v) is 5.06. The predicted octanol–water partition coefficient (Wildman–Crippen LogP) is 2.69. The van der Waals surface area contributed by atoms with Gasteiger partial charge in [-0.15, -0.1) is 11.6 Å². The maximum Gasteiger partial charge on any atom is 0.237 e. The van der Waals surface area contributed by atoms with Crippen LogP contribution in [0.1, 0.15) is 57.8 Å². The fourth-order valence-electron chi connectivity index (χ4n) is 3.47. The van der Waals surface area contributed by atoms with Crippen molar-refractivity contribution in [1.29, 1.82) is 0 Å². The van der Waals surface area contributed by atoms with Crippen molar-refractivity contribution in [1.82, 2.24) is 10.2 Å². The molecule has 1 heterocycles. The van der Waals surface area contributed by atoms with E-state index >= 15 is 0 Å². The van der Waals surface area contributed by atoms with E-state index in [9.17, 15) is 9.59 Å². The summed E-state index contributed by atoms with van der Waals surface area (Å²) in [7, 11) is 0. The first-order valence-corrected chi connectivity index (χ1v) is 8.85. The molecule has 0 bridgehead atoms. The molecule has 2 rings (SSSR count). The molecular weight excluding hydrogens is 288 g/mol. The molecule has 2 aliphatic rings. The van der Waals surface area contributed by atoms with Gasteiger partial charge in [-0.2, -0.15) is 0 Å². The molecule has 0 atom stereocenters. The zero-order chi connectivity index (χ0) is 15.1. The lowest BCUT2D eigenvalue weighted by Crippen LogP contribution is -2.46. The highest BCUT2D eigenvalue weighted by Gasteiger charge is 2.23. The van der Waals surface area contributed by atoms with Crippen molar-refractivity contribution in [3.05, 3.63) is 0 Å². The largest absolute Gasteiger partial charge is 0.353 e. The lowest BCUT2D eigenvalue weighted by atomic mass is 9.86. The standard InChI is InChI=1S/C16H27ClN2O2/c17-12-16(21)19-10-8-14(9-11-19)18-15(20)7-6-13-4-2-1-3-5-13/h13-14H,1-12H2,(H,18,20). The van der Waals surface area contributed by atoms with Crippen LogP contribution in [0.5, 0.6) is 0 Å². The number of piperidine rings is 1. The molecule has 21 heavy (non-hydrogen) atoms. The topological polar surface area (TPSA) is 49.4 Å². The van der Waals surface area contributed by atoms with Crippen LogP contribution in [0.15, 0.2) is 0 Å². The zero-order valence-electron chi connectivity index (χ0n) is 12.8. The molecule has 120 valence electrons. The van der Waals surface area contributed by atoms with Gasteiger partial charge in [0.25, 0.3) is 0 Å². The molecule has 0 spiro atoms. The van der Waals surface area contributed by atoms with E-state index in [-0.39, 0.29) is 23.7 Å². The van der Waals surface area contributed by atoms with Crippen molar-refractivity contribution in [2.45, 2.75) is 63.8 Å². The molecule has 1 aliphatic heterocycles. The summed E-state index contributed by atoms with van der Waals surface area (Å²) in [6.45, 7) is 1.41. The van der Waals surface area contributed by atoms with Crippen molar-refractivity contribution >= 4 is 23.4 Å². The molecule has 4 nitrogen and oxygen atoms in total. The number of rotatable bonds is 5. The second-order valence-electron chi connectivity index (χ2n) is 6.40. The van der Waals surface area contributed by atoms with E-state index in [2.05, 4.69) is 5.32 Å². The number of nitrogens with one attached hydrogen (secondary N) is 1. The first kappa shape index (κ1) is 16.6. The van der Waals surface area contributed by atoms with Crippen LogP contribution in [0.3, 0.4) is 0 Å². The highest BCUT2D eigenvalue weighted by Crippen LogP contribution is 2.27. The molecule has 0 aromatic carbocycles. The number of hydrogen-bond acceptors (Lipinski definition) is 2. The Morgan fingerprint density at radius 3 is 2.33 bits per heavy atom. The van der Waals surface area contributed by atoms with Gasteiger partial charge in [-0.1, -0.05) is 32.1 Å². The van der Waals surface area contributed by atoms with Gasteiger partial charge in [0.2, 0.25) is 11.8 Å². The Balaban J connectivity index is 1.61. The van der Waals surface area contributed by atoms with E-state index in [0.29, 0.717) is 19.5 Å². The first-order chi connectivity index (χ1) is 10.2. The number of hydrogen-bond donors (Lipinski definition) is 1. The Kier molecular flexibility index (Phi) is 6.81. The quantitative estimate of drug-likeness (QED) is 0.793. The Morgan fingerprint density at radius 1 is 1.05 bits per heavy atom. The zero-order valence-corrected chi connectivity index (χ0v) is 13.5. The highest BCUT2D eigenvalue weighted by atomic mass is 35.5. The molecule has 2 amide bonds. The third kappa shape index (κ3) is 5.50. The third-order valence-electron chi connectivity index (χ3n) is 4.83. The Labute approximate surface area is 132 Å². The summed E-state index contributed by atoms with van der Waals surface area (Å²) >= 11 is 5.56. The minimum Gasteiger partial charge on any atom is -0.353 e. The van der Waals surface area contributed by atoms with Crippen LogP contribution < -0.4 is 5.32 Å². The van der Waals surface area contributed by atoms with Gasteiger partial charge in [-0.25, -0.2) is 0 Å². The van der Waals surface area contributed by atoms with Crippen LogP contribution in [-0.4, -0.2) is 41.7 Å². The summed E-state index contributed by atoms with van der Waals surface area (Å²) in [5.41, 5.74) is 0. The summed E-state index contributed by atoms with van der Waals surface area (Å²) in [5, 5.41) is 3.13. The SMILES string of the molecule is O=C(CCC1CCCCC1)NC1CCN(C(=O)CCl)CC1. The minimum atomic E-state index is -0.00117. The molecule has 1 saturated heterocycles. The van der Waals surface area contributed by atoms with Crippen molar-refractivity contribution in [3.8, 4) is 0 Å². The number of carbonyl (C=O) groups is 2. The summed E-state index contributed by atoms with van der Waals surface area (Å²) in [6.07, 6.45) is 10.0. The van der Waals surface area contributed by atoms with Gasteiger partial charge in [-0.05, 0) is 25.2 Å². The average molecular weight is 315 g/mol. The first-order valence-electron chi connectivity index (χ1n) is 8.32. The van der Waals surface area contributed by atoms with E-state index in [0.717, 1.165) is 25.2 Å². The van der Waals surface area contributed by atoms with Crippen LogP contribution in [-0.2, 0) is 9.59 Å². The monoisotopic (exact) mass is 314 g/mol. The van der Waals surface area contributed by atoms with Gasteiger partial charge < -0.3 is 10.2 Å². The van der Waals surface area contributed by atoms with E-state index < -0.39 is 0 Å². The van der Waals surface area contributed by atoms with Crippen LogP contribution in [0.25, 0.3) is 0 Å². The maximum atomic E-state index is 12.0. The molecular formula is C16H27ClN2O2. The number of nitrogens with zero attached hydrogens (tertiary/aromatic N) is 1. The average Bonchev–Trinajstić information content (AvgIpc) is 2.54. The second-order valence-corrected chi connectivity index (χ2v) is 6.67. The molecule has 0 aromatic heterocycles. The molecule has 0 aromatic rings. The van der Waals surface area contributed by atoms with E-state index in [1.165, 1.54) is 32.1 Å². The van der Waals surface area contributed by atoms with Crippen LogP contribution in [0, 0.1) is 5.92 Å². The molecule has 5 heteroatoms. The van der Waals surface area contributed by atoms with Gasteiger partial charge in [0, 0.05) is 25.6 Å². The van der Waals surface area contributed by atoms with Crippen LogP contribution >= 0.6 is 11.6 Å². The summed E-state index contributed by atoms with van der Waals surface area (Å²) in [5.74, 6) is 0.993. The number of amides is 2. The van der Waals surface area contributed by atoms with Gasteiger partial charge >= 0.3 is 0 Å². The summed E-state index contributed by atoms with van der Waals surface area (Å²) in [6, 6.07) is 0.225. The highest BCUT2D eigenvalue weighted by molar-refractivity contribution is 6.27. The fourth-order valence-corrected chi connectivity index (χ4v) is 3.64. The number of alkyl halides is 1. The van der Waals surface area contributed by atoms with Gasteiger partial charge in [-0.3, -0.25) is 9.59 Å². The summed E-state index contributed by atoms with van der Waals surface area (Å²) < 4.78 is 0. The van der Waals surface area contributed by atoms with E-state index in [1.807, 2.05) is 0 Å². The minimum absolute atomic E-state index is 0.00117. The maximum absolute atomic E-state index is 12.0. The lowest BCUT2D eigenvalue weighted by molar-refractivity contribution is -0.129. The van der Waals surface area contributed by atoms with Gasteiger partial charge in [0.1, 0.15) is 5.88 Å². The lowest BCUT2D eigenvalue weighted by Gasteiger charge is -2.32. The van der Waals surface area contributed by atoms with Crippen LogP contribution in [0.2, 0.25) is 0 Å². The van der Waals surface area contributed by atoms with Crippen molar-refractivity contribution in [2.75, 3.05) is 19.0 Å². The number of halogens is 1. The molecule has 0 radical (unpaired) electrons. The molecule has 1 aliphatic carbocycles. The van der Waals surface area contributed by atoms with E-state index in [1.54, 1.807) is 4.90 Å². The Hall–Kier alpha value is -0.770. The molecule has 2 fully saturated rings. The van der Waals surface area contributed by atoms with Crippen molar-refractivity contribution in [2.24, 2.45) is 5.92 Å². The molecule has 0 unspecified atom stereocenters. The van der Waals surface area contributed by atoms with Gasteiger partial charge in [0.15, 0.2) is 0 Å². The van der Waals surface area contributed by atoms with Gasteiger partial charge in [0.05, 0.1) is 0 Å². The van der Waals surface area contributed by atoms with Crippen molar-refractivity contribution in [3.63, 3.8) is 0 Å². The fraction of sp³-hybridized carbons (Fsp3) is 0.875. The number of likely N-dealkylation sites (tertiary alicyclic amines) is 1. The predicted molar refractivity (Wildman–Crippen MR) is 84.3 cm³/mol. The molecule has 1 N–H and O–H groups in total. The normalized spacial score (nSPS) is 21.3. The smallest absolute Gasteiger partial charge is 0.237 e. The number of carbonyl (C=O) groups excluding carboxylic acids is 2. The van der Waals surface area contributed by atoms with Crippen LogP contribution in [0.4, 0.5) is 0 Å².